The third kappa shape index (κ3) is 11.2. The van der Waals surface area contributed by atoms with Gasteiger partial charge in [-0.1, -0.05) is 22.9 Å². The Morgan fingerprint density at radius 1 is 1.04 bits per heavy atom. The average molecular weight is 660 g/mol. The number of thiazole rings is 1. The number of ether oxygens (including phenoxy) is 1. The summed E-state index contributed by atoms with van der Waals surface area (Å²) in [5.74, 6) is -0.292. The molecule has 2 aromatic carbocycles. The van der Waals surface area contributed by atoms with Crippen molar-refractivity contribution >= 4 is 54.5 Å². The van der Waals surface area contributed by atoms with Crippen molar-refractivity contribution < 1.29 is 26.9 Å². The van der Waals surface area contributed by atoms with Gasteiger partial charge in [-0.25, -0.2) is 9.78 Å². The molecule has 0 fully saturated rings. The van der Waals surface area contributed by atoms with Crippen molar-refractivity contribution in [3.63, 3.8) is 0 Å². The number of benzene rings is 2. The lowest BCUT2D eigenvalue weighted by atomic mass is 10.1. The third-order valence-corrected chi connectivity index (χ3v) is 9.11. The van der Waals surface area contributed by atoms with Crippen LogP contribution in [0.5, 0.6) is 5.75 Å². The number of unbranched alkanes of at least 4 members (excludes halogenated alkanes) is 2. The number of carbonyl (C=O) groups excluding carboxylic acids is 2. The van der Waals surface area contributed by atoms with Gasteiger partial charge in [-0.15, -0.1) is 0 Å². The van der Waals surface area contributed by atoms with Crippen LogP contribution in [0.1, 0.15) is 74.1 Å². The number of aromatic nitrogens is 1. The lowest BCUT2D eigenvalue weighted by Crippen LogP contribution is -2.40. The quantitative estimate of drug-likeness (QED) is 0.0563. The molecule has 0 aliphatic heterocycles. The van der Waals surface area contributed by atoms with Gasteiger partial charge in [-0.3, -0.25) is 9.69 Å². The maximum atomic E-state index is 13.0. The maximum Gasteiger partial charge on any atom is 0.339 e. The number of hydrogen-bond acceptors (Lipinski definition) is 11. The predicted octanol–water partition coefficient (Wildman–Crippen LogP) is 6.55. The Bertz CT molecular complexity index is 1550. The van der Waals surface area contributed by atoms with Crippen LogP contribution in [0.2, 0.25) is 0 Å². The van der Waals surface area contributed by atoms with Crippen molar-refractivity contribution in [2.75, 3.05) is 30.0 Å². The summed E-state index contributed by atoms with van der Waals surface area (Å²) in [6.45, 7) is 16.8. The number of isocyanates is 1. The lowest BCUT2D eigenvalue weighted by Gasteiger charge is -2.30. The number of amides is 1. The average Bonchev–Trinajstić information content (AvgIpc) is 3.37. The van der Waals surface area contributed by atoms with E-state index in [-0.39, 0.29) is 33.7 Å². The molecule has 45 heavy (non-hydrogen) atoms. The van der Waals surface area contributed by atoms with E-state index in [4.69, 9.17) is 8.92 Å². The summed E-state index contributed by atoms with van der Waals surface area (Å²) in [4.78, 5) is 30.8. The molecule has 1 aromatic heterocycles. The van der Waals surface area contributed by atoms with Crippen molar-refractivity contribution in [3.05, 3.63) is 42.5 Å². The van der Waals surface area contributed by atoms with Gasteiger partial charge >= 0.3 is 10.1 Å². The fourth-order valence-electron chi connectivity index (χ4n) is 4.68. The standard InChI is InChI=1S/C32H45N5O6S2/c1-23(2)36(24(3)4)19-18-33-25-12-15-27(16-13-25)45(40,41)43-26-14-17-28-29(21-26)44-31(35-28)37(34-22-38)30(39)11-9-8-10-20-42-32(5,6)7/h12-17,21,23-24,33H,8-11,18-20H2,1-7H3. The first-order valence-electron chi connectivity index (χ1n) is 15.2. The van der Waals surface area contributed by atoms with Crippen LogP contribution in [0, 0.1) is 0 Å². The molecule has 0 saturated carbocycles. The zero-order valence-electron chi connectivity index (χ0n) is 27.2. The lowest BCUT2D eigenvalue weighted by molar-refractivity contribution is -0.118. The first-order valence-corrected chi connectivity index (χ1v) is 17.4. The molecule has 0 radical (unpaired) electrons. The van der Waals surface area contributed by atoms with Crippen molar-refractivity contribution in [2.24, 2.45) is 5.10 Å². The Morgan fingerprint density at radius 3 is 2.36 bits per heavy atom. The highest BCUT2D eigenvalue weighted by molar-refractivity contribution is 7.87. The predicted molar refractivity (Wildman–Crippen MR) is 179 cm³/mol. The van der Waals surface area contributed by atoms with Gasteiger partial charge in [0.05, 0.1) is 15.8 Å². The van der Waals surface area contributed by atoms with Crippen LogP contribution in [0.25, 0.3) is 10.2 Å². The van der Waals surface area contributed by atoms with E-state index in [1.807, 2.05) is 20.8 Å². The summed E-state index contributed by atoms with van der Waals surface area (Å²) in [6.07, 6.45) is 3.79. The van der Waals surface area contributed by atoms with Crippen LogP contribution < -0.4 is 14.5 Å². The molecule has 0 spiro atoms. The SMILES string of the molecule is CC(C)N(CCNc1ccc(S(=O)(=O)Oc2ccc3nc(N(N=C=O)C(=O)CCCCCOC(C)(C)C)sc3c2)cc1)C(C)C. The second-order valence-corrected chi connectivity index (χ2v) is 14.8. The molecule has 1 heterocycles. The molecule has 0 aliphatic carbocycles. The van der Waals surface area contributed by atoms with Gasteiger partial charge in [-0.05, 0) is 97.7 Å². The van der Waals surface area contributed by atoms with E-state index in [0.29, 0.717) is 35.3 Å². The Labute approximate surface area is 270 Å². The first-order chi connectivity index (χ1) is 21.2. The molecular weight excluding hydrogens is 615 g/mol. The molecule has 3 aromatic rings. The summed E-state index contributed by atoms with van der Waals surface area (Å²) in [6, 6.07) is 11.9. The molecule has 0 unspecified atom stereocenters. The van der Waals surface area contributed by atoms with Crippen LogP contribution >= 0.6 is 11.3 Å². The minimum atomic E-state index is -4.11. The zero-order valence-corrected chi connectivity index (χ0v) is 28.8. The van der Waals surface area contributed by atoms with E-state index >= 15 is 0 Å². The summed E-state index contributed by atoms with van der Waals surface area (Å²) >= 11 is 1.09. The highest BCUT2D eigenvalue weighted by Crippen LogP contribution is 2.33. The topological polar surface area (TPSA) is 130 Å². The van der Waals surface area contributed by atoms with Gasteiger partial charge in [0.15, 0.2) is 0 Å². The van der Waals surface area contributed by atoms with Gasteiger partial charge in [0.2, 0.25) is 11.0 Å². The van der Waals surface area contributed by atoms with Gasteiger partial charge in [0.1, 0.15) is 10.6 Å². The Morgan fingerprint density at radius 2 is 1.73 bits per heavy atom. The summed E-state index contributed by atoms with van der Waals surface area (Å²) in [5, 5.41) is 8.04. The van der Waals surface area contributed by atoms with Gasteiger partial charge in [0, 0.05) is 50.0 Å². The number of nitrogens with one attached hydrogen (secondary N) is 1. The number of anilines is 2. The maximum absolute atomic E-state index is 13.0. The molecular formula is C32H45N5O6S2. The number of carbonyl (C=O) groups is 1. The summed E-state index contributed by atoms with van der Waals surface area (Å²) in [7, 11) is -4.11. The first kappa shape index (κ1) is 36.1. The highest BCUT2D eigenvalue weighted by atomic mass is 32.2. The molecule has 13 heteroatoms. The molecule has 0 bridgehead atoms. The molecule has 1 amide bonds. The Hall–Kier alpha value is -3.35. The van der Waals surface area contributed by atoms with E-state index in [9.17, 15) is 18.0 Å². The Balaban J connectivity index is 1.62. The number of nitrogens with zero attached hydrogens (tertiary/aromatic N) is 4. The molecule has 11 nitrogen and oxygen atoms in total. The van der Waals surface area contributed by atoms with Gasteiger partial charge in [-0.2, -0.15) is 13.4 Å². The molecule has 246 valence electrons. The molecule has 0 saturated heterocycles. The zero-order chi connectivity index (χ0) is 33.2. The van der Waals surface area contributed by atoms with Gasteiger partial charge in [0.25, 0.3) is 6.08 Å². The minimum absolute atomic E-state index is 0.0196. The number of rotatable bonds is 17. The second-order valence-electron chi connectivity index (χ2n) is 12.2. The van der Waals surface area contributed by atoms with E-state index < -0.39 is 10.1 Å². The smallest absolute Gasteiger partial charge is 0.339 e. The van der Waals surface area contributed by atoms with E-state index in [0.717, 1.165) is 48.0 Å². The normalized spacial score (nSPS) is 12.1. The fourth-order valence-corrected chi connectivity index (χ4v) is 6.56. The fraction of sp³-hybridized carbons (Fsp3) is 0.531. The van der Waals surface area contributed by atoms with Crippen molar-refractivity contribution in [1.82, 2.24) is 9.88 Å². The molecule has 1 N–H and O–H groups in total. The minimum Gasteiger partial charge on any atom is -0.384 e. The number of hydrogen-bond donors (Lipinski definition) is 1. The molecule has 0 aliphatic rings. The number of hydrazone groups is 1. The molecule has 0 atom stereocenters. The van der Waals surface area contributed by atoms with E-state index in [2.05, 4.69) is 48.0 Å². The van der Waals surface area contributed by atoms with Crippen LogP contribution in [0.15, 0.2) is 52.5 Å². The third-order valence-electron chi connectivity index (χ3n) is 6.85. The highest BCUT2D eigenvalue weighted by Gasteiger charge is 2.22. The van der Waals surface area contributed by atoms with Crippen molar-refractivity contribution in [3.8, 4) is 5.75 Å². The van der Waals surface area contributed by atoms with Crippen molar-refractivity contribution in [2.45, 2.75) is 96.7 Å². The summed E-state index contributed by atoms with van der Waals surface area (Å²) < 4.78 is 37.7. The second kappa shape index (κ2) is 16.3. The van der Waals surface area contributed by atoms with Crippen molar-refractivity contribution in [1.29, 1.82) is 0 Å². The largest absolute Gasteiger partial charge is 0.384 e. The Kier molecular flexibility index (Phi) is 13.1. The van der Waals surface area contributed by atoms with E-state index in [1.165, 1.54) is 30.3 Å². The number of fused-ring (bicyclic) bond motifs is 1. The van der Waals surface area contributed by atoms with Gasteiger partial charge < -0.3 is 14.2 Å². The molecule has 3 rings (SSSR count). The monoisotopic (exact) mass is 659 g/mol. The van der Waals surface area contributed by atoms with Crippen LogP contribution in [0.4, 0.5) is 10.8 Å². The van der Waals surface area contributed by atoms with Crippen LogP contribution in [-0.2, 0) is 24.4 Å². The van der Waals surface area contributed by atoms with Crippen LogP contribution in [-0.4, -0.2) is 67.7 Å². The van der Waals surface area contributed by atoms with Crippen LogP contribution in [0.3, 0.4) is 0 Å². The van der Waals surface area contributed by atoms with E-state index in [1.54, 1.807) is 18.2 Å². The summed E-state index contributed by atoms with van der Waals surface area (Å²) in [5.41, 5.74) is 1.10.